The van der Waals surface area contributed by atoms with Crippen molar-refractivity contribution < 1.29 is 4.74 Å². The molecule has 0 amide bonds. The molecule has 0 aromatic carbocycles. The van der Waals surface area contributed by atoms with E-state index in [1.807, 2.05) is 0 Å². The predicted octanol–water partition coefficient (Wildman–Crippen LogP) is 3.36. The van der Waals surface area contributed by atoms with Gasteiger partial charge in [-0.2, -0.15) is 0 Å². The maximum Gasteiger partial charge on any atom is 0.0591 e. The Hall–Kier alpha value is -0.0800. The summed E-state index contributed by atoms with van der Waals surface area (Å²) in [6, 6.07) is 0.691. The topological polar surface area (TPSA) is 21.3 Å². The van der Waals surface area contributed by atoms with Gasteiger partial charge in [0.15, 0.2) is 0 Å². The summed E-state index contributed by atoms with van der Waals surface area (Å²) in [6.45, 7) is 9.78. The van der Waals surface area contributed by atoms with E-state index in [4.69, 9.17) is 4.74 Å². The van der Waals surface area contributed by atoms with Gasteiger partial charge in [-0.15, -0.1) is 0 Å². The minimum Gasteiger partial charge on any atom is -0.380 e. The van der Waals surface area contributed by atoms with Gasteiger partial charge in [0.2, 0.25) is 0 Å². The third kappa shape index (κ3) is 4.84. The third-order valence-corrected chi connectivity index (χ3v) is 3.79. The summed E-state index contributed by atoms with van der Waals surface area (Å²) >= 11 is 0. The molecule has 96 valence electrons. The monoisotopic (exact) mass is 227 g/mol. The minimum atomic E-state index is 0.474. The van der Waals surface area contributed by atoms with Crippen LogP contribution in [0.15, 0.2) is 0 Å². The highest BCUT2D eigenvalue weighted by molar-refractivity contribution is 4.87. The van der Waals surface area contributed by atoms with E-state index in [1.165, 1.54) is 38.5 Å². The van der Waals surface area contributed by atoms with Gasteiger partial charge in [0.1, 0.15) is 0 Å². The van der Waals surface area contributed by atoms with Crippen LogP contribution in [0, 0.1) is 5.41 Å². The third-order valence-electron chi connectivity index (χ3n) is 3.79. The second-order valence-corrected chi connectivity index (χ2v) is 5.71. The zero-order valence-corrected chi connectivity index (χ0v) is 11.3. The van der Waals surface area contributed by atoms with Crippen LogP contribution in [0.4, 0.5) is 0 Å². The van der Waals surface area contributed by atoms with Gasteiger partial charge in [0.05, 0.1) is 6.61 Å². The lowest BCUT2D eigenvalue weighted by Gasteiger charge is -2.39. The molecule has 0 aromatic heterocycles. The largest absolute Gasteiger partial charge is 0.380 e. The van der Waals surface area contributed by atoms with Gasteiger partial charge in [-0.25, -0.2) is 0 Å². The molecule has 0 saturated heterocycles. The Morgan fingerprint density at radius 1 is 1.25 bits per heavy atom. The summed E-state index contributed by atoms with van der Waals surface area (Å²) < 4.78 is 5.57. The molecule has 0 aromatic rings. The van der Waals surface area contributed by atoms with Crippen molar-refractivity contribution in [1.82, 2.24) is 5.32 Å². The average molecular weight is 227 g/mol. The molecule has 0 radical (unpaired) electrons. The van der Waals surface area contributed by atoms with E-state index < -0.39 is 0 Å². The van der Waals surface area contributed by atoms with Crippen molar-refractivity contribution >= 4 is 0 Å². The van der Waals surface area contributed by atoms with Crippen LogP contribution in [0.3, 0.4) is 0 Å². The molecule has 1 rings (SSSR count). The molecule has 1 fully saturated rings. The summed E-state index contributed by atoms with van der Waals surface area (Å²) in [4.78, 5) is 0. The van der Waals surface area contributed by atoms with Crippen molar-refractivity contribution in [3.05, 3.63) is 0 Å². The van der Waals surface area contributed by atoms with E-state index in [0.717, 1.165) is 19.8 Å². The first-order valence-electron chi connectivity index (χ1n) is 6.98. The van der Waals surface area contributed by atoms with E-state index in [9.17, 15) is 0 Å². The van der Waals surface area contributed by atoms with Crippen LogP contribution in [0.2, 0.25) is 0 Å². The smallest absolute Gasteiger partial charge is 0.0591 e. The standard InChI is InChI=1S/C14H29NO/c1-4-5-11-16-12-10-15-13-8-6-7-9-14(13,2)3/h13,15H,4-12H2,1-3H3. The molecular weight excluding hydrogens is 198 g/mol. The summed E-state index contributed by atoms with van der Waals surface area (Å²) in [7, 11) is 0. The fourth-order valence-electron chi connectivity index (χ4n) is 2.53. The van der Waals surface area contributed by atoms with E-state index in [0.29, 0.717) is 11.5 Å². The number of ether oxygens (including phenoxy) is 1. The second-order valence-electron chi connectivity index (χ2n) is 5.71. The molecule has 0 bridgehead atoms. The van der Waals surface area contributed by atoms with Gasteiger partial charge in [0, 0.05) is 19.2 Å². The fraction of sp³-hybridized carbons (Fsp3) is 1.00. The highest BCUT2D eigenvalue weighted by atomic mass is 16.5. The quantitative estimate of drug-likeness (QED) is 0.673. The van der Waals surface area contributed by atoms with Crippen molar-refractivity contribution in [1.29, 1.82) is 0 Å². The predicted molar refractivity (Wildman–Crippen MR) is 69.8 cm³/mol. The van der Waals surface area contributed by atoms with Crippen LogP contribution in [-0.2, 0) is 4.74 Å². The van der Waals surface area contributed by atoms with Crippen molar-refractivity contribution in [2.75, 3.05) is 19.8 Å². The van der Waals surface area contributed by atoms with E-state index in [2.05, 4.69) is 26.1 Å². The molecule has 1 unspecified atom stereocenters. The second kappa shape index (κ2) is 7.29. The van der Waals surface area contributed by atoms with E-state index in [-0.39, 0.29) is 0 Å². The van der Waals surface area contributed by atoms with Gasteiger partial charge in [0.25, 0.3) is 0 Å². The molecular formula is C14H29NO. The van der Waals surface area contributed by atoms with Crippen LogP contribution in [-0.4, -0.2) is 25.8 Å². The normalized spacial score (nSPS) is 24.6. The van der Waals surface area contributed by atoms with Crippen LogP contribution < -0.4 is 5.32 Å². The van der Waals surface area contributed by atoms with Crippen LogP contribution in [0.25, 0.3) is 0 Å². The number of unbranched alkanes of at least 4 members (excludes halogenated alkanes) is 1. The summed E-state index contributed by atoms with van der Waals surface area (Å²) in [5, 5.41) is 3.66. The number of nitrogens with one attached hydrogen (secondary N) is 1. The maximum atomic E-state index is 5.57. The average Bonchev–Trinajstić information content (AvgIpc) is 2.25. The zero-order chi connectivity index (χ0) is 11.9. The highest BCUT2D eigenvalue weighted by Gasteiger charge is 2.31. The number of hydrogen-bond acceptors (Lipinski definition) is 2. The number of hydrogen-bond donors (Lipinski definition) is 1. The van der Waals surface area contributed by atoms with Crippen molar-refractivity contribution in [2.24, 2.45) is 5.41 Å². The van der Waals surface area contributed by atoms with Crippen LogP contribution >= 0.6 is 0 Å². The molecule has 0 aliphatic heterocycles. The zero-order valence-electron chi connectivity index (χ0n) is 11.3. The molecule has 1 aliphatic rings. The molecule has 16 heavy (non-hydrogen) atoms. The summed E-state index contributed by atoms with van der Waals surface area (Å²) in [5.74, 6) is 0. The van der Waals surface area contributed by atoms with E-state index >= 15 is 0 Å². The lowest BCUT2D eigenvalue weighted by Crippen LogP contribution is -2.45. The van der Waals surface area contributed by atoms with Gasteiger partial charge >= 0.3 is 0 Å². The lowest BCUT2D eigenvalue weighted by atomic mass is 9.73. The van der Waals surface area contributed by atoms with Crippen LogP contribution in [0.5, 0.6) is 0 Å². The lowest BCUT2D eigenvalue weighted by molar-refractivity contribution is 0.113. The molecule has 1 aliphatic carbocycles. The summed E-state index contributed by atoms with van der Waals surface area (Å²) in [6.07, 6.45) is 7.90. The van der Waals surface area contributed by atoms with Gasteiger partial charge in [-0.3, -0.25) is 0 Å². The van der Waals surface area contributed by atoms with Crippen molar-refractivity contribution in [3.8, 4) is 0 Å². The Labute approximate surface area is 101 Å². The molecule has 2 nitrogen and oxygen atoms in total. The van der Waals surface area contributed by atoms with Gasteiger partial charge in [-0.1, -0.05) is 40.0 Å². The Morgan fingerprint density at radius 3 is 2.75 bits per heavy atom. The molecule has 0 spiro atoms. The Bertz CT molecular complexity index is 180. The molecule has 1 saturated carbocycles. The van der Waals surface area contributed by atoms with Crippen LogP contribution in [0.1, 0.15) is 59.3 Å². The fourth-order valence-corrected chi connectivity index (χ4v) is 2.53. The SMILES string of the molecule is CCCCOCCNC1CCCCC1(C)C. The molecule has 1 N–H and O–H groups in total. The highest BCUT2D eigenvalue weighted by Crippen LogP contribution is 2.35. The summed E-state index contributed by atoms with van der Waals surface area (Å²) in [5.41, 5.74) is 0.474. The Kier molecular flexibility index (Phi) is 6.37. The number of rotatable bonds is 7. The van der Waals surface area contributed by atoms with E-state index in [1.54, 1.807) is 0 Å². The maximum absolute atomic E-state index is 5.57. The van der Waals surface area contributed by atoms with Gasteiger partial charge < -0.3 is 10.1 Å². The van der Waals surface area contributed by atoms with Gasteiger partial charge in [-0.05, 0) is 24.7 Å². The molecule has 1 atom stereocenters. The van der Waals surface area contributed by atoms with Crippen molar-refractivity contribution in [2.45, 2.75) is 65.3 Å². The first-order valence-corrected chi connectivity index (χ1v) is 6.98. The minimum absolute atomic E-state index is 0.474. The Balaban J connectivity index is 2.07. The first-order chi connectivity index (χ1) is 7.67. The molecule has 0 heterocycles. The van der Waals surface area contributed by atoms with Crippen molar-refractivity contribution in [3.63, 3.8) is 0 Å². The first kappa shape index (κ1) is 14.0. The Morgan fingerprint density at radius 2 is 2.06 bits per heavy atom. The molecule has 2 heteroatoms.